The van der Waals surface area contributed by atoms with Gasteiger partial charge in [0.2, 0.25) is 0 Å². The summed E-state index contributed by atoms with van der Waals surface area (Å²) in [4.78, 5) is 11.4. The molecule has 0 N–H and O–H groups in total. The molecule has 1 heterocycles. The molecule has 3 aromatic rings. The highest BCUT2D eigenvalue weighted by Crippen LogP contribution is 2.33. The van der Waals surface area contributed by atoms with Gasteiger partial charge in [-0.15, -0.1) is 13.2 Å². The van der Waals surface area contributed by atoms with Crippen LogP contribution in [0.5, 0.6) is 5.75 Å². The van der Waals surface area contributed by atoms with Gasteiger partial charge in [-0.25, -0.2) is 4.79 Å². The van der Waals surface area contributed by atoms with Crippen LogP contribution in [-0.2, 0) is 0 Å². The van der Waals surface area contributed by atoms with Gasteiger partial charge in [-0.2, -0.15) is 0 Å². The summed E-state index contributed by atoms with van der Waals surface area (Å²) in [7, 11) is 0. The standard InChI is InChI=1S/C14H7F3O3/c15-14(16,17)20-11-7-12(18)19-13-9-4-2-1-3-8(9)5-6-10(11)13/h1-7H. The van der Waals surface area contributed by atoms with E-state index in [1.165, 1.54) is 6.07 Å². The molecule has 0 saturated heterocycles. The lowest BCUT2D eigenvalue weighted by Crippen LogP contribution is -2.18. The lowest BCUT2D eigenvalue weighted by Gasteiger charge is -2.11. The van der Waals surface area contributed by atoms with Crippen LogP contribution in [0.1, 0.15) is 0 Å². The molecule has 1 aromatic heterocycles. The summed E-state index contributed by atoms with van der Waals surface area (Å²) in [5, 5.41) is 1.41. The molecular formula is C14H7F3O3. The Kier molecular flexibility index (Phi) is 2.67. The van der Waals surface area contributed by atoms with E-state index in [0.29, 0.717) is 11.5 Å². The third-order valence-corrected chi connectivity index (χ3v) is 2.82. The van der Waals surface area contributed by atoms with E-state index >= 15 is 0 Å². The Labute approximate surface area is 110 Å². The SMILES string of the molecule is O=c1cc(OC(F)(F)F)c2ccc3ccccc3c2o1. The Morgan fingerprint density at radius 3 is 2.50 bits per heavy atom. The van der Waals surface area contributed by atoms with Gasteiger partial charge in [-0.1, -0.05) is 30.3 Å². The lowest BCUT2D eigenvalue weighted by atomic mass is 10.1. The molecule has 0 aliphatic rings. The molecule has 0 radical (unpaired) electrons. The Bertz CT molecular complexity index is 850. The summed E-state index contributed by atoms with van der Waals surface area (Å²) >= 11 is 0. The van der Waals surface area contributed by atoms with Crippen molar-refractivity contribution in [3.05, 3.63) is 52.9 Å². The van der Waals surface area contributed by atoms with Crippen molar-refractivity contribution in [1.29, 1.82) is 0 Å². The van der Waals surface area contributed by atoms with E-state index < -0.39 is 17.7 Å². The van der Waals surface area contributed by atoms with Crippen LogP contribution >= 0.6 is 0 Å². The van der Waals surface area contributed by atoms with Gasteiger partial charge in [0.05, 0.1) is 11.5 Å². The Balaban J connectivity index is 2.37. The van der Waals surface area contributed by atoms with Gasteiger partial charge in [0.15, 0.2) is 0 Å². The lowest BCUT2D eigenvalue weighted by molar-refractivity contribution is -0.274. The molecule has 6 heteroatoms. The second-order valence-electron chi connectivity index (χ2n) is 4.14. The van der Waals surface area contributed by atoms with E-state index in [2.05, 4.69) is 4.74 Å². The summed E-state index contributed by atoms with van der Waals surface area (Å²) in [5.74, 6) is -0.561. The predicted octanol–water partition coefficient (Wildman–Crippen LogP) is 3.84. The fraction of sp³-hybridized carbons (Fsp3) is 0.0714. The van der Waals surface area contributed by atoms with Crippen molar-refractivity contribution >= 4 is 21.7 Å². The van der Waals surface area contributed by atoms with E-state index in [4.69, 9.17) is 4.42 Å². The van der Waals surface area contributed by atoms with E-state index in [-0.39, 0.29) is 11.0 Å². The first-order valence-electron chi connectivity index (χ1n) is 5.65. The molecule has 0 amide bonds. The molecule has 3 rings (SSSR count). The zero-order chi connectivity index (χ0) is 14.3. The zero-order valence-corrected chi connectivity index (χ0v) is 9.90. The van der Waals surface area contributed by atoms with Gasteiger partial charge in [0, 0.05) is 5.39 Å². The molecule has 0 bridgehead atoms. The van der Waals surface area contributed by atoms with Crippen LogP contribution in [0.25, 0.3) is 21.7 Å². The molecular weight excluding hydrogens is 273 g/mol. The minimum absolute atomic E-state index is 0.0786. The number of fused-ring (bicyclic) bond motifs is 3. The molecule has 2 aromatic carbocycles. The fourth-order valence-corrected chi connectivity index (χ4v) is 2.07. The third kappa shape index (κ3) is 2.20. The van der Waals surface area contributed by atoms with Crippen LogP contribution in [0.3, 0.4) is 0 Å². The summed E-state index contributed by atoms with van der Waals surface area (Å²) in [5.41, 5.74) is -0.817. The van der Waals surface area contributed by atoms with Gasteiger partial charge in [-0.05, 0) is 11.5 Å². The zero-order valence-electron chi connectivity index (χ0n) is 9.90. The summed E-state index contributed by atoms with van der Waals surface area (Å²) in [6.45, 7) is 0. The second-order valence-corrected chi connectivity index (χ2v) is 4.14. The first kappa shape index (κ1) is 12.5. The number of hydrogen-bond donors (Lipinski definition) is 0. The highest BCUT2D eigenvalue weighted by Gasteiger charge is 2.32. The number of halogens is 3. The van der Waals surface area contributed by atoms with Crippen molar-refractivity contribution in [2.24, 2.45) is 0 Å². The van der Waals surface area contributed by atoms with Gasteiger partial charge < -0.3 is 9.15 Å². The van der Waals surface area contributed by atoms with Crippen LogP contribution in [0.4, 0.5) is 13.2 Å². The van der Waals surface area contributed by atoms with Gasteiger partial charge in [0.25, 0.3) is 0 Å². The monoisotopic (exact) mass is 280 g/mol. The summed E-state index contributed by atoms with van der Waals surface area (Å²) < 4.78 is 46.0. The third-order valence-electron chi connectivity index (χ3n) is 2.82. The molecule has 20 heavy (non-hydrogen) atoms. The van der Waals surface area contributed by atoms with Crippen molar-refractivity contribution in [3.8, 4) is 5.75 Å². The fourth-order valence-electron chi connectivity index (χ4n) is 2.07. The second kappa shape index (κ2) is 4.26. The van der Waals surface area contributed by atoms with E-state index in [1.807, 2.05) is 0 Å². The average molecular weight is 280 g/mol. The minimum Gasteiger partial charge on any atom is -0.422 e. The maximum Gasteiger partial charge on any atom is 0.573 e. The van der Waals surface area contributed by atoms with Gasteiger partial charge in [0.1, 0.15) is 11.3 Å². The molecule has 0 aliphatic heterocycles. The number of alkyl halides is 3. The minimum atomic E-state index is -4.87. The van der Waals surface area contributed by atoms with E-state index in [1.54, 1.807) is 30.3 Å². The quantitative estimate of drug-likeness (QED) is 0.502. The van der Waals surface area contributed by atoms with Crippen LogP contribution in [0.15, 0.2) is 51.7 Å². The van der Waals surface area contributed by atoms with E-state index in [9.17, 15) is 18.0 Å². The molecule has 0 unspecified atom stereocenters. The van der Waals surface area contributed by atoms with Gasteiger partial charge in [-0.3, -0.25) is 0 Å². The normalized spacial score (nSPS) is 11.9. The van der Waals surface area contributed by atoms with Gasteiger partial charge >= 0.3 is 12.0 Å². The largest absolute Gasteiger partial charge is 0.573 e. The van der Waals surface area contributed by atoms with Crippen LogP contribution in [0.2, 0.25) is 0 Å². The van der Waals surface area contributed by atoms with Crippen LogP contribution in [0, 0.1) is 0 Å². The first-order chi connectivity index (χ1) is 9.44. The van der Waals surface area contributed by atoms with Crippen molar-refractivity contribution in [1.82, 2.24) is 0 Å². The smallest absolute Gasteiger partial charge is 0.422 e. The van der Waals surface area contributed by atoms with Crippen molar-refractivity contribution in [2.75, 3.05) is 0 Å². The first-order valence-corrected chi connectivity index (χ1v) is 5.65. The summed E-state index contributed by atoms with van der Waals surface area (Å²) in [6, 6.07) is 10.7. The number of benzene rings is 2. The van der Waals surface area contributed by atoms with Crippen LogP contribution in [-0.4, -0.2) is 6.36 Å². The molecule has 0 aliphatic carbocycles. The Hall–Kier alpha value is -2.50. The maximum absolute atomic E-state index is 12.4. The van der Waals surface area contributed by atoms with Crippen molar-refractivity contribution < 1.29 is 22.3 Å². The molecule has 3 nitrogen and oxygen atoms in total. The topological polar surface area (TPSA) is 39.4 Å². The van der Waals surface area contributed by atoms with Crippen LogP contribution < -0.4 is 10.4 Å². The molecule has 0 fully saturated rings. The average Bonchev–Trinajstić information content (AvgIpc) is 2.36. The number of ether oxygens (including phenoxy) is 1. The highest BCUT2D eigenvalue weighted by atomic mass is 19.4. The maximum atomic E-state index is 12.4. The highest BCUT2D eigenvalue weighted by molar-refractivity contribution is 6.05. The Morgan fingerprint density at radius 2 is 1.75 bits per heavy atom. The Morgan fingerprint density at radius 1 is 1.00 bits per heavy atom. The number of rotatable bonds is 1. The molecule has 0 atom stereocenters. The molecule has 0 saturated carbocycles. The molecule has 0 spiro atoms. The van der Waals surface area contributed by atoms with E-state index in [0.717, 1.165) is 5.39 Å². The number of hydrogen-bond acceptors (Lipinski definition) is 3. The summed E-state index contributed by atoms with van der Waals surface area (Å²) in [6.07, 6.45) is -4.87. The van der Waals surface area contributed by atoms with Crippen molar-refractivity contribution in [3.63, 3.8) is 0 Å². The van der Waals surface area contributed by atoms with Crippen molar-refractivity contribution in [2.45, 2.75) is 6.36 Å². The molecule has 102 valence electrons. The predicted molar refractivity (Wildman–Crippen MR) is 66.7 cm³/mol.